The Hall–Kier alpha value is -3.31. The van der Waals surface area contributed by atoms with Gasteiger partial charge < -0.3 is 15.2 Å². The number of aromatic nitrogens is 3. The average Bonchev–Trinajstić information content (AvgIpc) is 2.67. The van der Waals surface area contributed by atoms with Crippen LogP contribution in [0.1, 0.15) is 32.3 Å². The van der Waals surface area contributed by atoms with Gasteiger partial charge in [0.15, 0.2) is 5.60 Å². The van der Waals surface area contributed by atoms with Crippen LogP contribution in [0.2, 0.25) is 0 Å². The van der Waals surface area contributed by atoms with Gasteiger partial charge in [-0.05, 0) is 44.4 Å². The molecule has 0 saturated carbocycles. The van der Waals surface area contributed by atoms with Crippen LogP contribution in [0.3, 0.4) is 0 Å². The Morgan fingerprint density at radius 1 is 1.25 bits per heavy atom. The molecule has 0 aliphatic rings. The number of nitrogens with one attached hydrogen (secondary N) is 1. The second-order valence-electron chi connectivity index (χ2n) is 7.67. The fraction of sp³-hybridized carbons (Fsp3) is 0.500. The molecule has 0 aliphatic carbocycles. The number of rotatable bonds is 10. The number of carboxylic acid groups (broad SMARTS) is 1. The molecule has 2 aromatic rings. The van der Waals surface area contributed by atoms with Crippen LogP contribution in [0.15, 0.2) is 33.9 Å². The summed E-state index contributed by atoms with van der Waals surface area (Å²) in [4.78, 5) is 35.8. The molecule has 9 nitrogen and oxygen atoms in total. The van der Waals surface area contributed by atoms with Gasteiger partial charge in [0.05, 0.1) is 0 Å². The molecule has 12 heteroatoms. The minimum atomic E-state index is -4.37. The van der Waals surface area contributed by atoms with E-state index in [0.29, 0.717) is 12.2 Å². The van der Waals surface area contributed by atoms with Crippen molar-refractivity contribution < 1.29 is 27.8 Å². The van der Waals surface area contributed by atoms with Crippen LogP contribution in [0.4, 0.5) is 19.0 Å². The van der Waals surface area contributed by atoms with Crippen molar-refractivity contribution in [2.24, 2.45) is 7.05 Å². The van der Waals surface area contributed by atoms with Crippen LogP contribution in [0.25, 0.3) is 0 Å². The molecule has 1 heterocycles. The molecule has 0 aliphatic heterocycles. The quantitative estimate of drug-likeness (QED) is 0.561. The number of nitrogens with zero attached hydrogens (tertiary/aromatic N) is 3. The van der Waals surface area contributed by atoms with Gasteiger partial charge in [-0.1, -0.05) is 12.1 Å². The Balaban J connectivity index is 2.07. The van der Waals surface area contributed by atoms with Crippen molar-refractivity contribution in [3.63, 3.8) is 0 Å². The maximum Gasteiger partial charge on any atom is 0.389 e. The summed E-state index contributed by atoms with van der Waals surface area (Å²) in [6.07, 6.45) is -5.48. The monoisotopic (exact) mass is 458 g/mol. The third-order valence-electron chi connectivity index (χ3n) is 4.54. The highest BCUT2D eigenvalue weighted by Crippen LogP contribution is 2.21. The van der Waals surface area contributed by atoms with Gasteiger partial charge >= 0.3 is 17.8 Å². The molecule has 1 aromatic heterocycles. The van der Waals surface area contributed by atoms with Crippen LogP contribution in [0.5, 0.6) is 5.75 Å². The predicted molar refractivity (Wildman–Crippen MR) is 110 cm³/mol. The Kier molecular flexibility index (Phi) is 7.70. The summed E-state index contributed by atoms with van der Waals surface area (Å²) in [7, 11) is 1.30. The van der Waals surface area contributed by atoms with E-state index in [1.807, 2.05) is 0 Å². The van der Waals surface area contributed by atoms with Gasteiger partial charge in [-0.25, -0.2) is 14.3 Å². The van der Waals surface area contributed by atoms with Crippen LogP contribution in [0, 0.1) is 0 Å². The lowest BCUT2D eigenvalue weighted by atomic mass is 10.1. The van der Waals surface area contributed by atoms with E-state index in [9.17, 15) is 27.6 Å². The number of carbonyl (C=O) groups is 1. The van der Waals surface area contributed by atoms with Crippen LogP contribution < -0.4 is 21.3 Å². The number of aliphatic carboxylic acids is 1. The largest absolute Gasteiger partial charge is 0.478 e. The minimum Gasteiger partial charge on any atom is -0.478 e. The third-order valence-corrected chi connectivity index (χ3v) is 4.54. The van der Waals surface area contributed by atoms with E-state index in [1.165, 1.54) is 20.9 Å². The summed E-state index contributed by atoms with van der Waals surface area (Å²) in [6, 6.07) is 6.76. The number of halogens is 3. The van der Waals surface area contributed by atoms with E-state index in [4.69, 9.17) is 9.84 Å². The maximum atomic E-state index is 12.5. The van der Waals surface area contributed by atoms with Gasteiger partial charge in [0, 0.05) is 26.6 Å². The number of carboxylic acids is 1. The summed E-state index contributed by atoms with van der Waals surface area (Å²) < 4.78 is 44.2. The molecule has 0 unspecified atom stereocenters. The summed E-state index contributed by atoms with van der Waals surface area (Å²) >= 11 is 0. The highest BCUT2D eigenvalue weighted by atomic mass is 19.4. The maximum absolute atomic E-state index is 12.5. The molecule has 2 rings (SSSR count). The fourth-order valence-electron chi connectivity index (χ4n) is 2.80. The summed E-state index contributed by atoms with van der Waals surface area (Å²) in [5.41, 5.74) is -2.22. The van der Waals surface area contributed by atoms with Gasteiger partial charge in [0.2, 0.25) is 5.82 Å². The van der Waals surface area contributed by atoms with Crippen molar-refractivity contribution in [2.75, 3.05) is 11.9 Å². The molecule has 0 spiro atoms. The van der Waals surface area contributed by atoms with Gasteiger partial charge in [-0.3, -0.25) is 9.36 Å². The van der Waals surface area contributed by atoms with Crippen LogP contribution >= 0.6 is 0 Å². The third kappa shape index (κ3) is 6.86. The standard InChI is InChI=1S/C20H25F3N4O5/c1-19(2,17(29)30)32-14-7-4-6-13(12-14)8-10-24-15-16(28)27(18(31)26(3)25-15)11-5-9-20(21,22)23/h4,6-7,12H,5,8-11H2,1-3H3,(H,24,25)(H,29,30). The zero-order valence-electron chi connectivity index (χ0n) is 17.9. The molecule has 32 heavy (non-hydrogen) atoms. The molecular weight excluding hydrogens is 433 g/mol. The number of anilines is 1. The smallest absolute Gasteiger partial charge is 0.389 e. The predicted octanol–water partition coefficient (Wildman–Crippen LogP) is 2.18. The second-order valence-corrected chi connectivity index (χ2v) is 7.67. The molecule has 176 valence electrons. The van der Waals surface area contributed by atoms with E-state index in [2.05, 4.69) is 10.4 Å². The lowest BCUT2D eigenvalue weighted by Gasteiger charge is -2.21. The number of hydrogen-bond donors (Lipinski definition) is 2. The highest BCUT2D eigenvalue weighted by molar-refractivity contribution is 5.76. The Labute approximate surface area is 181 Å². The first-order valence-electron chi connectivity index (χ1n) is 9.80. The van der Waals surface area contributed by atoms with Crippen molar-refractivity contribution in [1.82, 2.24) is 14.3 Å². The van der Waals surface area contributed by atoms with Gasteiger partial charge in [0.1, 0.15) is 5.75 Å². The van der Waals surface area contributed by atoms with E-state index < -0.39 is 41.8 Å². The molecule has 1 aromatic carbocycles. The zero-order valence-corrected chi connectivity index (χ0v) is 17.9. The van der Waals surface area contributed by atoms with Crippen molar-refractivity contribution >= 4 is 11.8 Å². The second kappa shape index (κ2) is 9.88. The van der Waals surface area contributed by atoms with Crippen molar-refractivity contribution in [3.8, 4) is 5.75 Å². The average molecular weight is 458 g/mol. The summed E-state index contributed by atoms with van der Waals surface area (Å²) in [5, 5.41) is 15.8. The molecule has 0 atom stereocenters. The van der Waals surface area contributed by atoms with Crippen molar-refractivity contribution in [3.05, 3.63) is 50.7 Å². The molecule has 2 N–H and O–H groups in total. The topological polar surface area (TPSA) is 115 Å². The number of ether oxygens (including phenoxy) is 1. The summed E-state index contributed by atoms with van der Waals surface area (Å²) in [5.74, 6) is -0.905. The Morgan fingerprint density at radius 2 is 1.94 bits per heavy atom. The Bertz CT molecular complexity index is 1080. The lowest BCUT2D eigenvalue weighted by molar-refractivity contribution is -0.152. The molecule has 0 radical (unpaired) electrons. The molecule has 0 fully saturated rings. The fourth-order valence-corrected chi connectivity index (χ4v) is 2.80. The zero-order chi connectivity index (χ0) is 24.1. The number of benzene rings is 1. The molecular formula is C20H25F3N4O5. The van der Waals surface area contributed by atoms with Crippen LogP contribution in [-0.2, 0) is 24.8 Å². The van der Waals surface area contributed by atoms with Gasteiger partial charge in [-0.2, -0.15) is 13.2 Å². The lowest BCUT2D eigenvalue weighted by Crippen LogP contribution is -2.42. The number of aryl methyl sites for hydroxylation is 1. The first kappa shape index (κ1) is 25.0. The first-order valence-corrected chi connectivity index (χ1v) is 9.80. The van der Waals surface area contributed by atoms with Gasteiger partial charge in [0.25, 0.3) is 5.56 Å². The number of alkyl halides is 3. The highest BCUT2D eigenvalue weighted by Gasteiger charge is 2.29. The normalized spacial score (nSPS) is 11.9. The van der Waals surface area contributed by atoms with E-state index >= 15 is 0 Å². The van der Waals surface area contributed by atoms with Crippen molar-refractivity contribution in [2.45, 2.75) is 51.4 Å². The molecule has 0 saturated heterocycles. The molecule has 0 amide bonds. The van der Waals surface area contributed by atoms with Crippen LogP contribution in [-0.4, -0.2) is 43.7 Å². The first-order chi connectivity index (χ1) is 14.8. The van der Waals surface area contributed by atoms with E-state index in [1.54, 1.807) is 24.3 Å². The summed E-state index contributed by atoms with van der Waals surface area (Å²) in [6.45, 7) is 2.71. The van der Waals surface area contributed by atoms with Crippen molar-refractivity contribution in [1.29, 1.82) is 0 Å². The molecule has 0 bridgehead atoms. The van der Waals surface area contributed by atoms with E-state index in [-0.39, 0.29) is 18.9 Å². The van der Waals surface area contributed by atoms with Gasteiger partial charge in [-0.15, -0.1) is 5.10 Å². The SMILES string of the molecule is Cn1nc(NCCc2cccc(OC(C)(C)C(=O)O)c2)c(=O)n(CCCC(F)(F)F)c1=O. The minimum absolute atomic E-state index is 0.154. The Morgan fingerprint density at radius 3 is 2.56 bits per heavy atom. The van der Waals surface area contributed by atoms with E-state index in [0.717, 1.165) is 14.8 Å². The number of hydrogen-bond acceptors (Lipinski definition) is 6.